The summed E-state index contributed by atoms with van der Waals surface area (Å²) >= 11 is 5.81. The zero-order chi connectivity index (χ0) is 22.2. The van der Waals surface area contributed by atoms with Crippen molar-refractivity contribution in [3.8, 4) is 0 Å². The van der Waals surface area contributed by atoms with Gasteiger partial charge in [-0.25, -0.2) is 9.97 Å². The molecule has 1 aliphatic rings. The predicted molar refractivity (Wildman–Crippen MR) is 121 cm³/mol. The van der Waals surface area contributed by atoms with Gasteiger partial charge in [-0.05, 0) is 18.4 Å². The van der Waals surface area contributed by atoms with E-state index in [1.807, 2.05) is 30.3 Å². The number of anilines is 2. The molecule has 1 aromatic heterocycles. The number of benzene rings is 1. The number of nitrogens with zero attached hydrogens (tertiary/aromatic N) is 3. The van der Waals surface area contributed by atoms with Crippen LogP contribution in [0.25, 0.3) is 0 Å². The van der Waals surface area contributed by atoms with Crippen molar-refractivity contribution >= 4 is 40.9 Å². The standard InChI is InChI=1S/C21H26ClN7O2/c22-17-19(24)28-18(23)16(27-17)20(31)29-21-25-12-14(26-21)9-5-2-6-10-15(30)11-13-7-3-1-4-8-13/h1,3-4,7-8,14H,2,5-6,9-12H2,(H4,23,24,28)(H2,25,26,29,31)/t14-/m1/s1. The number of halogens is 1. The number of hydrogen-bond acceptors (Lipinski definition) is 8. The molecule has 0 aliphatic carbocycles. The van der Waals surface area contributed by atoms with Gasteiger partial charge in [0, 0.05) is 18.9 Å². The van der Waals surface area contributed by atoms with E-state index in [2.05, 4.69) is 25.6 Å². The fourth-order valence-corrected chi connectivity index (χ4v) is 3.43. The van der Waals surface area contributed by atoms with Crippen LogP contribution < -0.4 is 22.1 Å². The summed E-state index contributed by atoms with van der Waals surface area (Å²) < 4.78 is 0. The summed E-state index contributed by atoms with van der Waals surface area (Å²) in [7, 11) is 0. The first kappa shape index (κ1) is 22.5. The van der Waals surface area contributed by atoms with E-state index < -0.39 is 5.91 Å². The van der Waals surface area contributed by atoms with E-state index in [0.717, 1.165) is 31.2 Å². The SMILES string of the molecule is Nc1nc(N)c(C(=O)NC2=NC[C@@H](CCCCCC(=O)Cc3ccccc3)N2)nc1Cl. The highest BCUT2D eigenvalue weighted by atomic mass is 35.5. The van der Waals surface area contributed by atoms with Crippen LogP contribution in [0.2, 0.25) is 5.15 Å². The fourth-order valence-electron chi connectivity index (χ4n) is 3.30. The van der Waals surface area contributed by atoms with Crippen LogP contribution in [0.4, 0.5) is 11.6 Å². The van der Waals surface area contributed by atoms with Gasteiger partial charge in [0.2, 0.25) is 0 Å². The lowest BCUT2D eigenvalue weighted by atomic mass is 10.0. The molecule has 3 rings (SSSR count). The Balaban J connectivity index is 1.32. The number of carbonyl (C=O) groups excluding carboxylic acids is 2. The quantitative estimate of drug-likeness (QED) is 0.433. The number of ketones is 1. The molecule has 0 fully saturated rings. The van der Waals surface area contributed by atoms with Gasteiger partial charge < -0.3 is 16.8 Å². The van der Waals surface area contributed by atoms with Crippen molar-refractivity contribution in [2.45, 2.75) is 44.6 Å². The Morgan fingerprint density at radius 3 is 2.65 bits per heavy atom. The lowest BCUT2D eigenvalue weighted by molar-refractivity contribution is -0.118. The van der Waals surface area contributed by atoms with Crippen LogP contribution in [0.3, 0.4) is 0 Å². The monoisotopic (exact) mass is 443 g/mol. The molecule has 0 radical (unpaired) electrons. The van der Waals surface area contributed by atoms with E-state index in [1.54, 1.807) is 0 Å². The van der Waals surface area contributed by atoms with E-state index in [0.29, 0.717) is 25.3 Å². The number of aliphatic imine (C=N–C) groups is 1. The molecular weight excluding hydrogens is 418 g/mol. The van der Waals surface area contributed by atoms with Crippen LogP contribution in [-0.4, -0.2) is 40.2 Å². The highest BCUT2D eigenvalue weighted by Crippen LogP contribution is 2.17. The number of Topliss-reactive ketones (excluding diaryl/α,β-unsaturated/α-hetero) is 1. The molecule has 0 unspecified atom stereocenters. The molecule has 1 aromatic carbocycles. The molecule has 10 heteroatoms. The Hall–Kier alpha value is -3.20. The van der Waals surface area contributed by atoms with Gasteiger partial charge in [0.15, 0.2) is 28.4 Å². The summed E-state index contributed by atoms with van der Waals surface area (Å²) in [6, 6.07) is 9.93. The number of nitrogens with two attached hydrogens (primary N) is 2. The molecule has 9 nitrogen and oxygen atoms in total. The number of nitrogens with one attached hydrogen (secondary N) is 2. The molecule has 1 aliphatic heterocycles. The third-order valence-corrected chi connectivity index (χ3v) is 5.19. The van der Waals surface area contributed by atoms with Gasteiger partial charge in [0.1, 0.15) is 5.78 Å². The van der Waals surface area contributed by atoms with Crippen molar-refractivity contribution in [2.24, 2.45) is 4.99 Å². The van der Waals surface area contributed by atoms with Gasteiger partial charge in [0.25, 0.3) is 5.91 Å². The summed E-state index contributed by atoms with van der Waals surface area (Å²) in [5, 5.41) is 5.72. The predicted octanol–water partition coefficient (Wildman–Crippen LogP) is 2.11. The first-order chi connectivity index (χ1) is 14.9. The number of aromatic nitrogens is 2. The zero-order valence-corrected chi connectivity index (χ0v) is 17.9. The normalized spacial score (nSPS) is 15.3. The van der Waals surface area contributed by atoms with E-state index >= 15 is 0 Å². The van der Waals surface area contributed by atoms with Crippen LogP contribution in [0.15, 0.2) is 35.3 Å². The molecule has 0 bridgehead atoms. The second kappa shape index (κ2) is 10.7. The fraction of sp³-hybridized carbons (Fsp3) is 0.381. The van der Waals surface area contributed by atoms with Crippen LogP contribution >= 0.6 is 11.6 Å². The van der Waals surface area contributed by atoms with Crippen LogP contribution in [0.1, 0.15) is 48.2 Å². The molecular formula is C21H26ClN7O2. The molecule has 0 saturated heterocycles. The first-order valence-corrected chi connectivity index (χ1v) is 10.6. The molecule has 31 heavy (non-hydrogen) atoms. The topological polar surface area (TPSA) is 148 Å². The van der Waals surface area contributed by atoms with Crippen molar-refractivity contribution in [2.75, 3.05) is 18.0 Å². The third kappa shape index (κ3) is 6.65. The highest BCUT2D eigenvalue weighted by Gasteiger charge is 2.22. The molecule has 2 heterocycles. The van der Waals surface area contributed by atoms with Crippen LogP contribution in [-0.2, 0) is 11.2 Å². The summed E-state index contributed by atoms with van der Waals surface area (Å²) in [4.78, 5) is 36.4. The number of hydrogen-bond donors (Lipinski definition) is 4. The number of guanidine groups is 1. The maximum Gasteiger partial charge on any atom is 0.280 e. The van der Waals surface area contributed by atoms with Crippen LogP contribution in [0, 0.1) is 0 Å². The average molecular weight is 444 g/mol. The number of nitrogen functional groups attached to an aromatic ring is 2. The van der Waals surface area contributed by atoms with E-state index in [-0.39, 0.29) is 34.3 Å². The Kier molecular flexibility index (Phi) is 7.77. The second-order valence-corrected chi connectivity index (χ2v) is 7.78. The molecule has 1 atom stereocenters. The highest BCUT2D eigenvalue weighted by molar-refractivity contribution is 6.31. The summed E-state index contributed by atoms with van der Waals surface area (Å²) in [5.41, 5.74) is 12.2. The maximum atomic E-state index is 12.3. The first-order valence-electron chi connectivity index (χ1n) is 10.2. The lowest BCUT2D eigenvalue weighted by Gasteiger charge is -2.12. The summed E-state index contributed by atoms with van der Waals surface area (Å²) in [6.07, 6.45) is 4.80. The van der Waals surface area contributed by atoms with Crippen molar-refractivity contribution in [3.63, 3.8) is 0 Å². The Bertz CT molecular complexity index is 966. The lowest BCUT2D eigenvalue weighted by Crippen LogP contribution is -2.42. The Labute approximate surface area is 185 Å². The smallest absolute Gasteiger partial charge is 0.280 e. The summed E-state index contributed by atoms with van der Waals surface area (Å²) in [6.45, 7) is 0.562. The molecule has 164 valence electrons. The molecule has 0 spiro atoms. The minimum atomic E-state index is -0.560. The van der Waals surface area contributed by atoms with Crippen molar-refractivity contribution in [1.82, 2.24) is 20.6 Å². The zero-order valence-electron chi connectivity index (χ0n) is 17.1. The second-order valence-electron chi connectivity index (χ2n) is 7.42. The maximum absolute atomic E-state index is 12.3. The number of rotatable bonds is 9. The molecule has 1 amide bonds. The number of amides is 1. The minimum absolute atomic E-state index is 0.0334. The van der Waals surface area contributed by atoms with Gasteiger partial charge >= 0.3 is 0 Å². The van der Waals surface area contributed by atoms with E-state index in [1.165, 1.54) is 0 Å². The van der Waals surface area contributed by atoms with Crippen molar-refractivity contribution < 1.29 is 9.59 Å². The van der Waals surface area contributed by atoms with Gasteiger partial charge in [-0.15, -0.1) is 0 Å². The van der Waals surface area contributed by atoms with E-state index in [9.17, 15) is 9.59 Å². The number of carbonyl (C=O) groups is 2. The van der Waals surface area contributed by atoms with Gasteiger partial charge in [-0.2, -0.15) is 0 Å². The van der Waals surface area contributed by atoms with Gasteiger partial charge in [-0.1, -0.05) is 54.8 Å². The number of unbranched alkanes of at least 4 members (excludes halogenated alkanes) is 2. The van der Waals surface area contributed by atoms with Crippen molar-refractivity contribution in [1.29, 1.82) is 0 Å². The molecule has 0 saturated carbocycles. The van der Waals surface area contributed by atoms with Gasteiger partial charge in [0.05, 0.1) is 6.54 Å². The minimum Gasteiger partial charge on any atom is -0.382 e. The van der Waals surface area contributed by atoms with Crippen LogP contribution in [0.5, 0.6) is 0 Å². The largest absolute Gasteiger partial charge is 0.382 e. The summed E-state index contributed by atoms with van der Waals surface area (Å²) in [5.74, 6) is -0.0631. The molecule has 2 aromatic rings. The van der Waals surface area contributed by atoms with E-state index in [4.69, 9.17) is 23.1 Å². The third-order valence-electron chi connectivity index (χ3n) is 4.91. The van der Waals surface area contributed by atoms with Gasteiger partial charge in [-0.3, -0.25) is 19.9 Å². The average Bonchev–Trinajstić information content (AvgIpc) is 3.18. The van der Waals surface area contributed by atoms with Crippen molar-refractivity contribution in [3.05, 3.63) is 46.7 Å². The molecule has 6 N–H and O–H groups in total. The Morgan fingerprint density at radius 2 is 1.87 bits per heavy atom. The Morgan fingerprint density at radius 1 is 1.10 bits per heavy atom.